The molecule has 0 aromatic heterocycles. The van der Waals surface area contributed by atoms with Gasteiger partial charge in [0.1, 0.15) is 0 Å². The molecular formula is C12H16N2O3. The summed E-state index contributed by atoms with van der Waals surface area (Å²) in [5, 5.41) is 2.73. The Balaban J connectivity index is 2.37. The zero-order valence-corrected chi connectivity index (χ0v) is 9.97. The number of hydrogen-bond donors (Lipinski definition) is 1. The molecule has 0 saturated carbocycles. The molecule has 0 unspecified atom stereocenters. The number of nitrogens with zero attached hydrogens (tertiary/aromatic N) is 1. The van der Waals surface area contributed by atoms with E-state index in [1.165, 1.54) is 7.11 Å². The summed E-state index contributed by atoms with van der Waals surface area (Å²) in [6.45, 7) is 0.239. The number of carbonyl (C=O) groups is 2. The molecule has 1 aromatic carbocycles. The van der Waals surface area contributed by atoms with E-state index < -0.39 is 0 Å². The van der Waals surface area contributed by atoms with Crippen LogP contribution in [0.25, 0.3) is 0 Å². The van der Waals surface area contributed by atoms with Crippen LogP contribution in [0.1, 0.15) is 0 Å². The molecule has 0 heterocycles. The second-order valence-corrected chi connectivity index (χ2v) is 3.66. The minimum absolute atomic E-state index is 0.0959. The summed E-state index contributed by atoms with van der Waals surface area (Å²) in [7, 11) is 3.00. The van der Waals surface area contributed by atoms with Crippen molar-refractivity contribution in [3.05, 3.63) is 30.3 Å². The van der Waals surface area contributed by atoms with Crippen molar-refractivity contribution >= 4 is 17.6 Å². The van der Waals surface area contributed by atoms with Gasteiger partial charge in [0, 0.05) is 5.69 Å². The minimum Gasteiger partial charge on any atom is -0.468 e. The van der Waals surface area contributed by atoms with E-state index in [1.807, 2.05) is 18.2 Å². The Morgan fingerprint density at radius 2 is 1.88 bits per heavy atom. The van der Waals surface area contributed by atoms with E-state index in [-0.39, 0.29) is 25.0 Å². The van der Waals surface area contributed by atoms with Gasteiger partial charge in [-0.25, -0.2) is 0 Å². The fourth-order valence-corrected chi connectivity index (χ4v) is 1.31. The number of hydrogen-bond acceptors (Lipinski definition) is 4. The first-order chi connectivity index (χ1) is 8.11. The maximum absolute atomic E-state index is 11.6. The number of para-hydroxylation sites is 1. The highest BCUT2D eigenvalue weighted by atomic mass is 16.5. The average Bonchev–Trinajstić information content (AvgIpc) is 2.29. The predicted molar refractivity (Wildman–Crippen MR) is 64.6 cm³/mol. The normalized spacial score (nSPS) is 10.1. The van der Waals surface area contributed by atoms with E-state index in [1.54, 1.807) is 24.1 Å². The molecule has 0 radical (unpaired) electrons. The molecule has 0 fully saturated rings. The highest BCUT2D eigenvalue weighted by Crippen LogP contribution is 2.04. The number of amides is 1. The first kappa shape index (κ1) is 13.2. The molecule has 0 aliphatic carbocycles. The Labute approximate surface area is 100 Å². The average molecular weight is 236 g/mol. The van der Waals surface area contributed by atoms with Gasteiger partial charge in [0.05, 0.1) is 20.2 Å². The molecule has 0 aliphatic heterocycles. The van der Waals surface area contributed by atoms with Crippen molar-refractivity contribution in [2.24, 2.45) is 0 Å². The van der Waals surface area contributed by atoms with Gasteiger partial charge in [0.25, 0.3) is 0 Å². The Bertz CT molecular complexity index is 379. The maximum Gasteiger partial charge on any atom is 0.319 e. The smallest absolute Gasteiger partial charge is 0.319 e. The number of methoxy groups -OCH3 is 1. The molecule has 1 amide bonds. The molecule has 1 rings (SSSR count). The van der Waals surface area contributed by atoms with Crippen LogP contribution in [-0.2, 0) is 14.3 Å². The number of nitrogens with one attached hydrogen (secondary N) is 1. The van der Waals surface area contributed by atoms with Gasteiger partial charge in [-0.1, -0.05) is 18.2 Å². The summed E-state index contributed by atoms with van der Waals surface area (Å²) in [4.78, 5) is 24.1. The minimum atomic E-state index is -0.361. The van der Waals surface area contributed by atoms with Crippen LogP contribution < -0.4 is 5.32 Å². The molecule has 0 aliphatic rings. The van der Waals surface area contributed by atoms with Crippen LogP contribution in [0.15, 0.2) is 30.3 Å². The Morgan fingerprint density at radius 3 is 2.47 bits per heavy atom. The van der Waals surface area contributed by atoms with Gasteiger partial charge in [-0.05, 0) is 19.2 Å². The monoisotopic (exact) mass is 236 g/mol. The van der Waals surface area contributed by atoms with Crippen LogP contribution in [0.5, 0.6) is 0 Å². The van der Waals surface area contributed by atoms with Crippen molar-refractivity contribution in [1.82, 2.24) is 4.90 Å². The predicted octanol–water partition coefficient (Wildman–Crippen LogP) is 0.730. The van der Waals surface area contributed by atoms with Crippen molar-refractivity contribution in [2.75, 3.05) is 32.6 Å². The number of esters is 1. The first-order valence-corrected chi connectivity index (χ1v) is 5.22. The third-order valence-electron chi connectivity index (χ3n) is 2.10. The van der Waals surface area contributed by atoms with Crippen molar-refractivity contribution < 1.29 is 14.3 Å². The first-order valence-electron chi connectivity index (χ1n) is 5.22. The molecule has 5 nitrogen and oxygen atoms in total. The molecule has 1 aromatic rings. The SMILES string of the molecule is COC(=O)CN(C)CC(=O)Nc1ccccc1. The van der Waals surface area contributed by atoms with Gasteiger partial charge in [-0.2, -0.15) is 0 Å². The molecule has 17 heavy (non-hydrogen) atoms. The van der Waals surface area contributed by atoms with Crippen molar-refractivity contribution in [3.63, 3.8) is 0 Å². The van der Waals surface area contributed by atoms with Crippen LogP contribution in [-0.4, -0.2) is 44.0 Å². The van der Waals surface area contributed by atoms with Gasteiger partial charge in [0.2, 0.25) is 5.91 Å². The lowest BCUT2D eigenvalue weighted by Gasteiger charge is -2.14. The number of rotatable bonds is 5. The van der Waals surface area contributed by atoms with Crippen molar-refractivity contribution in [2.45, 2.75) is 0 Å². The van der Waals surface area contributed by atoms with Gasteiger partial charge in [-0.15, -0.1) is 0 Å². The van der Waals surface area contributed by atoms with Crippen LogP contribution in [0.4, 0.5) is 5.69 Å². The van der Waals surface area contributed by atoms with E-state index in [0.717, 1.165) is 5.69 Å². The maximum atomic E-state index is 11.6. The largest absolute Gasteiger partial charge is 0.468 e. The third-order valence-corrected chi connectivity index (χ3v) is 2.10. The Kier molecular flexibility index (Phi) is 5.16. The Morgan fingerprint density at radius 1 is 1.24 bits per heavy atom. The zero-order chi connectivity index (χ0) is 12.7. The van der Waals surface area contributed by atoms with Gasteiger partial charge < -0.3 is 10.1 Å². The molecule has 0 saturated heterocycles. The summed E-state index contributed by atoms with van der Waals surface area (Å²) in [5.41, 5.74) is 0.740. The van der Waals surface area contributed by atoms with Crippen LogP contribution in [0.3, 0.4) is 0 Å². The van der Waals surface area contributed by atoms with E-state index in [9.17, 15) is 9.59 Å². The summed E-state index contributed by atoms with van der Waals surface area (Å²) >= 11 is 0. The summed E-state index contributed by atoms with van der Waals surface area (Å²) in [6, 6.07) is 9.16. The number of anilines is 1. The van der Waals surface area contributed by atoms with Gasteiger partial charge in [0.15, 0.2) is 0 Å². The summed E-state index contributed by atoms with van der Waals surface area (Å²) < 4.78 is 4.51. The van der Waals surface area contributed by atoms with Crippen molar-refractivity contribution in [3.8, 4) is 0 Å². The standard InChI is InChI=1S/C12H16N2O3/c1-14(9-12(16)17-2)8-11(15)13-10-6-4-3-5-7-10/h3-7H,8-9H2,1-2H3,(H,13,15). The Hall–Kier alpha value is -1.88. The number of ether oxygens (including phenoxy) is 1. The quantitative estimate of drug-likeness (QED) is 0.766. The second kappa shape index (κ2) is 6.65. The molecule has 92 valence electrons. The summed E-state index contributed by atoms with van der Waals surface area (Å²) in [6.07, 6.45) is 0. The topological polar surface area (TPSA) is 58.6 Å². The van der Waals surface area contributed by atoms with E-state index in [2.05, 4.69) is 10.1 Å². The van der Waals surface area contributed by atoms with Gasteiger partial charge in [-0.3, -0.25) is 14.5 Å². The second-order valence-electron chi connectivity index (χ2n) is 3.66. The van der Waals surface area contributed by atoms with Crippen LogP contribution in [0, 0.1) is 0 Å². The molecule has 0 bridgehead atoms. The number of likely N-dealkylation sites (N-methyl/N-ethyl adjacent to an activating group) is 1. The van der Waals surface area contributed by atoms with Gasteiger partial charge >= 0.3 is 5.97 Å². The molecule has 5 heteroatoms. The number of carbonyl (C=O) groups excluding carboxylic acids is 2. The molecule has 0 spiro atoms. The molecule has 0 atom stereocenters. The third kappa shape index (κ3) is 5.12. The highest BCUT2D eigenvalue weighted by Gasteiger charge is 2.10. The fraction of sp³-hybridized carbons (Fsp3) is 0.333. The molecule has 1 N–H and O–H groups in total. The lowest BCUT2D eigenvalue weighted by Crippen LogP contribution is -2.34. The lowest BCUT2D eigenvalue weighted by molar-refractivity contribution is -0.141. The van der Waals surface area contributed by atoms with E-state index in [4.69, 9.17) is 0 Å². The summed E-state index contributed by atoms with van der Waals surface area (Å²) in [5.74, 6) is -0.525. The lowest BCUT2D eigenvalue weighted by atomic mass is 10.3. The fourth-order valence-electron chi connectivity index (χ4n) is 1.31. The van der Waals surface area contributed by atoms with E-state index in [0.29, 0.717) is 0 Å². The number of benzene rings is 1. The van der Waals surface area contributed by atoms with Crippen molar-refractivity contribution in [1.29, 1.82) is 0 Å². The van der Waals surface area contributed by atoms with E-state index >= 15 is 0 Å². The molecular weight excluding hydrogens is 220 g/mol. The van der Waals surface area contributed by atoms with Crippen LogP contribution in [0.2, 0.25) is 0 Å². The zero-order valence-electron chi connectivity index (χ0n) is 9.97. The highest BCUT2D eigenvalue weighted by molar-refractivity contribution is 5.92. The van der Waals surface area contributed by atoms with Crippen LogP contribution >= 0.6 is 0 Å².